The van der Waals surface area contributed by atoms with Crippen molar-refractivity contribution in [1.82, 2.24) is 19.9 Å². The second kappa shape index (κ2) is 7.58. The standard InChI is InChI=1S/C18H21N5O3.ClH/c1-23-10-12(9-20-23)11-25-14-5-4-13(8-15(14)24-2)16-21-17(22-26-16)18(19)6-3-7-18;/h4-5,8-10H,3,6-7,11,19H2,1-2H3;1H. The fourth-order valence-corrected chi connectivity index (χ4v) is 2.95. The zero-order valence-electron chi connectivity index (χ0n) is 15.2. The second-order valence-corrected chi connectivity index (χ2v) is 6.61. The molecule has 0 saturated heterocycles. The number of rotatable bonds is 6. The molecule has 0 spiro atoms. The molecule has 1 aliphatic carbocycles. The van der Waals surface area contributed by atoms with Crippen LogP contribution in [0.5, 0.6) is 11.5 Å². The summed E-state index contributed by atoms with van der Waals surface area (Å²) in [5.41, 5.74) is 7.55. The molecule has 4 rings (SSSR count). The molecule has 0 amide bonds. The Bertz CT molecular complexity index is 919. The summed E-state index contributed by atoms with van der Waals surface area (Å²) in [4.78, 5) is 4.47. The van der Waals surface area contributed by atoms with Gasteiger partial charge in [0.1, 0.15) is 6.61 Å². The van der Waals surface area contributed by atoms with E-state index in [1.54, 1.807) is 18.0 Å². The predicted octanol–water partition coefficient (Wildman–Crippen LogP) is 2.82. The minimum Gasteiger partial charge on any atom is -0.493 e. The van der Waals surface area contributed by atoms with Gasteiger partial charge >= 0.3 is 0 Å². The largest absolute Gasteiger partial charge is 0.493 e. The highest BCUT2D eigenvalue weighted by molar-refractivity contribution is 5.85. The van der Waals surface area contributed by atoms with Crippen LogP contribution >= 0.6 is 12.4 Å². The molecule has 0 atom stereocenters. The summed E-state index contributed by atoms with van der Waals surface area (Å²) in [6.45, 7) is 0.407. The van der Waals surface area contributed by atoms with Gasteiger partial charge in [0.15, 0.2) is 17.3 Å². The van der Waals surface area contributed by atoms with Crippen molar-refractivity contribution in [2.45, 2.75) is 31.4 Å². The number of benzene rings is 1. The number of aryl methyl sites for hydroxylation is 1. The van der Waals surface area contributed by atoms with E-state index in [4.69, 9.17) is 19.7 Å². The van der Waals surface area contributed by atoms with Crippen LogP contribution in [0.3, 0.4) is 0 Å². The number of nitrogens with two attached hydrogens (primary N) is 1. The Kier molecular flexibility index (Phi) is 5.38. The van der Waals surface area contributed by atoms with Gasteiger partial charge in [-0.2, -0.15) is 10.1 Å². The minimum absolute atomic E-state index is 0. The lowest BCUT2D eigenvalue weighted by Crippen LogP contribution is -2.44. The van der Waals surface area contributed by atoms with E-state index in [2.05, 4.69) is 15.2 Å². The second-order valence-electron chi connectivity index (χ2n) is 6.61. The van der Waals surface area contributed by atoms with Crippen LogP contribution in [0.25, 0.3) is 11.5 Å². The van der Waals surface area contributed by atoms with Gasteiger partial charge in [0.05, 0.1) is 18.8 Å². The molecule has 3 aromatic rings. The Balaban J connectivity index is 0.00000210. The maximum atomic E-state index is 6.26. The zero-order chi connectivity index (χ0) is 18.1. The Morgan fingerprint density at radius 3 is 2.74 bits per heavy atom. The average molecular weight is 392 g/mol. The van der Waals surface area contributed by atoms with E-state index in [9.17, 15) is 0 Å². The molecular formula is C18H22ClN5O3. The average Bonchev–Trinajstić information content (AvgIpc) is 3.27. The van der Waals surface area contributed by atoms with Crippen LogP contribution in [0.1, 0.15) is 30.7 Å². The summed E-state index contributed by atoms with van der Waals surface area (Å²) < 4.78 is 18.4. The number of ether oxygens (including phenoxy) is 2. The molecule has 0 bridgehead atoms. The molecule has 2 aromatic heterocycles. The van der Waals surface area contributed by atoms with Crippen LogP contribution in [0.4, 0.5) is 0 Å². The molecule has 0 unspecified atom stereocenters. The SMILES string of the molecule is COc1cc(-c2nc(C3(N)CCC3)no2)ccc1OCc1cnn(C)c1.Cl. The lowest BCUT2D eigenvalue weighted by molar-refractivity contribution is 0.229. The summed E-state index contributed by atoms with van der Waals surface area (Å²) in [5, 5.41) is 8.18. The maximum absolute atomic E-state index is 6.26. The van der Waals surface area contributed by atoms with E-state index >= 15 is 0 Å². The lowest BCUT2D eigenvalue weighted by atomic mass is 9.77. The number of hydrogen-bond acceptors (Lipinski definition) is 7. The Morgan fingerprint density at radius 1 is 1.30 bits per heavy atom. The molecule has 144 valence electrons. The van der Waals surface area contributed by atoms with Gasteiger partial charge in [-0.25, -0.2) is 0 Å². The van der Waals surface area contributed by atoms with Crippen LogP contribution in [0, 0.1) is 0 Å². The zero-order valence-corrected chi connectivity index (χ0v) is 16.0. The van der Waals surface area contributed by atoms with Gasteiger partial charge in [0.25, 0.3) is 5.89 Å². The fraction of sp³-hybridized carbons (Fsp3) is 0.389. The Labute approximate surface area is 163 Å². The number of halogens is 1. The normalized spacial score (nSPS) is 14.9. The first-order valence-corrected chi connectivity index (χ1v) is 8.49. The summed E-state index contributed by atoms with van der Waals surface area (Å²) in [5.74, 6) is 2.22. The fourth-order valence-electron chi connectivity index (χ4n) is 2.95. The van der Waals surface area contributed by atoms with Crippen LogP contribution in [-0.2, 0) is 19.2 Å². The van der Waals surface area contributed by atoms with Crippen LogP contribution in [-0.4, -0.2) is 27.0 Å². The summed E-state index contributed by atoms with van der Waals surface area (Å²) in [6.07, 6.45) is 6.54. The molecule has 8 nitrogen and oxygen atoms in total. The smallest absolute Gasteiger partial charge is 0.258 e. The predicted molar refractivity (Wildman–Crippen MR) is 101 cm³/mol. The number of aromatic nitrogens is 4. The van der Waals surface area contributed by atoms with Crippen LogP contribution < -0.4 is 15.2 Å². The van der Waals surface area contributed by atoms with E-state index in [1.165, 1.54) is 0 Å². The molecule has 2 N–H and O–H groups in total. The van der Waals surface area contributed by atoms with Gasteiger partial charge in [0, 0.05) is 24.4 Å². The minimum atomic E-state index is -0.446. The molecular weight excluding hydrogens is 370 g/mol. The van der Waals surface area contributed by atoms with E-state index in [0.29, 0.717) is 29.8 Å². The van der Waals surface area contributed by atoms with E-state index in [-0.39, 0.29) is 12.4 Å². The molecule has 2 heterocycles. The van der Waals surface area contributed by atoms with Gasteiger partial charge in [0.2, 0.25) is 0 Å². The molecule has 0 radical (unpaired) electrons. The molecule has 1 aromatic carbocycles. The number of nitrogens with zero attached hydrogens (tertiary/aromatic N) is 4. The Morgan fingerprint density at radius 2 is 2.11 bits per heavy atom. The van der Waals surface area contributed by atoms with Crippen LogP contribution in [0.15, 0.2) is 35.1 Å². The van der Waals surface area contributed by atoms with Crippen LogP contribution in [0.2, 0.25) is 0 Å². The van der Waals surface area contributed by atoms with Crippen molar-refractivity contribution < 1.29 is 14.0 Å². The van der Waals surface area contributed by atoms with Gasteiger partial charge < -0.3 is 19.7 Å². The van der Waals surface area contributed by atoms with Gasteiger partial charge in [-0.3, -0.25) is 4.68 Å². The lowest BCUT2D eigenvalue weighted by Gasteiger charge is -2.34. The molecule has 1 saturated carbocycles. The van der Waals surface area contributed by atoms with Gasteiger partial charge in [-0.1, -0.05) is 5.16 Å². The molecule has 9 heteroatoms. The molecule has 0 aliphatic heterocycles. The first-order chi connectivity index (χ1) is 12.6. The van der Waals surface area contributed by atoms with Gasteiger partial charge in [-0.05, 0) is 37.5 Å². The Hall–Kier alpha value is -2.58. The van der Waals surface area contributed by atoms with Crippen molar-refractivity contribution in [3.63, 3.8) is 0 Å². The number of hydrogen-bond donors (Lipinski definition) is 1. The first kappa shape index (κ1) is 19.2. The highest BCUT2D eigenvalue weighted by atomic mass is 35.5. The third-order valence-electron chi connectivity index (χ3n) is 4.68. The molecule has 1 fully saturated rings. The third-order valence-corrected chi connectivity index (χ3v) is 4.68. The maximum Gasteiger partial charge on any atom is 0.258 e. The highest BCUT2D eigenvalue weighted by Gasteiger charge is 2.39. The van der Waals surface area contributed by atoms with E-state index in [0.717, 1.165) is 30.4 Å². The molecule has 1 aliphatic rings. The summed E-state index contributed by atoms with van der Waals surface area (Å²) in [7, 11) is 3.46. The highest BCUT2D eigenvalue weighted by Crippen LogP contribution is 2.38. The monoisotopic (exact) mass is 391 g/mol. The van der Waals surface area contributed by atoms with Crippen molar-refractivity contribution in [2.24, 2.45) is 12.8 Å². The van der Waals surface area contributed by atoms with Gasteiger partial charge in [-0.15, -0.1) is 12.4 Å². The van der Waals surface area contributed by atoms with Crippen molar-refractivity contribution in [3.8, 4) is 23.0 Å². The van der Waals surface area contributed by atoms with E-state index in [1.807, 2.05) is 31.4 Å². The first-order valence-electron chi connectivity index (χ1n) is 8.49. The van der Waals surface area contributed by atoms with E-state index < -0.39 is 5.54 Å². The van der Waals surface area contributed by atoms with Crippen molar-refractivity contribution in [2.75, 3.05) is 7.11 Å². The van der Waals surface area contributed by atoms with Crippen molar-refractivity contribution in [1.29, 1.82) is 0 Å². The van der Waals surface area contributed by atoms with Crippen molar-refractivity contribution >= 4 is 12.4 Å². The summed E-state index contributed by atoms with van der Waals surface area (Å²) in [6, 6.07) is 5.51. The summed E-state index contributed by atoms with van der Waals surface area (Å²) >= 11 is 0. The van der Waals surface area contributed by atoms with Crippen molar-refractivity contribution in [3.05, 3.63) is 42.0 Å². The topological polar surface area (TPSA) is 101 Å². The number of methoxy groups -OCH3 is 1. The molecule has 27 heavy (non-hydrogen) atoms. The third kappa shape index (κ3) is 3.77. The quantitative estimate of drug-likeness (QED) is 0.689.